The van der Waals surface area contributed by atoms with Gasteiger partial charge in [0, 0.05) is 26.0 Å². The van der Waals surface area contributed by atoms with E-state index in [2.05, 4.69) is 44.8 Å². The summed E-state index contributed by atoms with van der Waals surface area (Å²) in [5.74, 6) is 0.907. The highest BCUT2D eigenvalue weighted by molar-refractivity contribution is 14.1. The maximum Gasteiger partial charge on any atom is 0.142 e. The molecule has 0 bridgehead atoms. The van der Waals surface area contributed by atoms with Crippen LogP contribution in [0.15, 0.2) is 12.5 Å². The number of nitrogens with zero attached hydrogens (tertiary/aromatic N) is 2. The molecule has 1 aromatic rings. The molecule has 0 saturated heterocycles. The van der Waals surface area contributed by atoms with Crippen molar-refractivity contribution < 1.29 is 4.74 Å². The number of unbranched alkanes of at least 4 members (excludes halogenated alkanes) is 1. The first-order valence-electron chi connectivity index (χ1n) is 5.61. The van der Waals surface area contributed by atoms with E-state index in [4.69, 9.17) is 4.74 Å². The fourth-order valence-corrected chi connectivity index (χ4v) is 1.66. The number of hydrogen-bond acceptors (Lipinski definition) is 4. The van der Waals surface area contributed by atoms with Crippen molar-refractivity contribution in [1.82, 2.24) is 9.97 Å². The Morgan fingerprint density at radius 2 is 2.19 bits per heavy atom. The second kappa shape index (κ2) is 8.69. The second-order valence-electron chi connectivity index (χ2n) is 3.47. The van der Waals surface area contributed by atoms with Crippen molar-refractivity contribution in [3.05, 3.63) is 16.1 Å². The molecule has 0 fully saturated rings. The molecule has 1 rings (SSSR count). The number of halogens is 1. The SMILES string of the molecule is CCCCOCCCNc1ncncc1I. The lowest BCUT2D eigenvalue weighted by atomic mass is 10.3. The first-order valence-corrected chi connectivity index (χ1v) is 6.69. The number of anilines is 1. The monoisotopic (exact) mass is 335 g/mol. The van der Waals surface area contributed by atoms with Gasteiger partial charge in [-0.15, -0.1) is 0 Å². The van der Waals surface area contributed by atoms with Crippen LogP contribution in [0.3, 0.4) is 0 Å². The van der Waals surface area contributed by atoms with Crippen molar-refractivity contribution in [2.75, 3.05) is 25.1 Å². The molecule has 0 amide bonds. The molecule has 4 nitrogen and oxygen atoms in total. The molecule has 90 valence electrons. The van der Waals surface area contributed by atoms with Crippen LogP contribution in [0.2, 0.25) is 0 Å². The van der Waals surface area contributed by atoms with Crippen LogP contribution in [-0.2, 0) is 4.74 Å². The van der Waals surface area contributed by atoms with Gasteiger partial charge in [-0.05, 0) is 35.4 Å². The number of nitrogens with one attached hydrogen (secondary N) is 1. The molecule has 0 aromatic carbocycles. The van der Waals surface area contributed by atoms with Gasteiger partial charge in [0.1, 0.15) is 12.1 Å². The minimum Gasteiger partial charge on any atom is -0.381 e. The van der Waals surface area contributed by atoms with Gasteiger partial charge in [0.05, 0.1) is 3.57 Å². The minimum absolute atomic E-state index is 0.814. The summed E-state index contributed by atoms with van der Waals surface area (Å²) in [6.07, 6.45) is 6.70. The summed E-state index contributed by atoms with van der Waals surface area (Å²) < 4.78 is 6.52. The number of hydrogen-bond donors (Lipinski definition) is 1. The maximum atomic E-state index is 5.47. The number of ether oxygens (including phenoxy) is 1. The van der Waals surface area contributed by atoms with Gasteiger partial charge in [-0.2, -0.15) is 0 Å². The standard InChI is InChI=1S/C11H18IN3O/c1-2-3-6-16-7-4-5-14-11-10(12)8-13-9-15-11/h8-9H,2-7H2,1H3,(H,13,14,15). The van der Waals surface area contributed by atoms with Gasteiger partial charge in [0.15, 0.2) is 0 Å². The van der Waals surface area contributed by atoms with Gasteiger partial charge >= 0.3 is 0 Å². The molecule has 0 unspecified atom stereocenters. The van der Waals surface area contributed by atoms with Crippen LogP contribution in [0, 0.1) is 3.57 Å². The summed E-state index contributed by atoms with van der Waals surface area (Å²) in [7, 11) is 0. The van der Waals surface area contributed by atoms with Crippen LogP contribution in [0.4, 0.5) is 5.82 Å². The molecular formula is C11H18IN3O. The average Bonchev–Trinajstić information content (AvgIpc) is 2.30. The first kappa shape index (κ1) is 13.6. The van der Waals surface area contributed by atoms with Gasteiger partial charge in [0.2, 0.25) is 0 Å². The van der Waals surface area contributed by atoms with E-state index in [9.17, 15) is 0 Å². The third-order valence-electron chi connectivity index (χ3n) is 2.07. The smallest absolute Gasteiger partial charge is 0.142 e. The van der Waals surface area contributed by atoms with Crippen LogP contribution in [0.5, 0.6) is 0 Å². The topological polar surface area (TPSA) is 47.0 Å². The summed E-state index contributed by atoms with van der Waals surface area (Å²) in [5.41, 5.74) is 0. The minimum atomic E-state index is 0.814. The van der Waals surface area contributed by atoms with Crippen LogP contribution in [0.1, 0.15) is 26.2 Å². The van der Waals surface area contributed by atoms with Crippen molar-refractivity contribution in [2.24, 2.45) is 0 Å². The lowest BCUT2D eigenvalue weighted by Crippen LogP contribution is -2.08. The zero-order chi connectivity index (χ0) is 11.6. The van der Waals surface area contributed by atoms with Crippen molar-refractivity contribution in [1.29, 1.82) is 0 Å². The Morgan fingerprint density at radius 1 is 1.38 bits per heavy atom. The third kappa shape index (κ3) is 5.60. The Morgan fingerprint density at radius 3 is 2.94 bits per heavy atom. The Bertz CT molecular complexity index is 296. The summed E-state index contributed by atoms with van der Waals surface area (Å²) in [6, 6.07) is 0. The Kier molecular flexibility index (Phi) is 7.41. The highest BCUT2D eigenvalue weighted by Crippen LogP contribution is 2.11. The van der Waals surface area contributed by atoms with Gasteiger partial charge in [-0.25, -0.2) is 9.97 Å². The molecule has 0 aliphatic rings. The molecule has 1 N–H and O–H groups in total. The van der Waals surface area contributed by atoms with Gasteiger partial charge in [-0.1, -0.05) is 13.3 Å². The summed E-state index contributed by atoms with van der Waals surface area (Å²) in [5, 5.41) is 3.27. The van der Waals surface area contributed by atoms with Crippen molar-refractivity contribution in [2.45, 2.75) is 26.2 Å². The van der Waals surface area contributed by atoms with E-state index in [1.165, 1.54) is 6.42 Å². The molecule has 1 aromatic heterocycles. The predicted octanol–water partition coefficient (Wildman–Crippen LogP) is 2.70. The third-order valence-corrected chi connectivity index (χ3v) is 2.86. The molecule has 0 radical (unpaired) electrons. The van der Waals surface area contributed by atoms with E-state index in [1.807, 2.05) is 0 Å². The van der Waals surface area contributed by atoms with E-state index < -0.39 is 0 Å². The molecule has 5 heteroatoms. The lowest BCUT2D eigenvalue weighted by Gasteiger charge is -2.07. The van der Waals surface area contributed by atoms with E-state index in [0.29, 0.717) is 0 Å². The normalized spacial score (nSPS) is 10.4. The van der Waals surface area contributed by atoms with E-state index >= 15 is 0 Å². The number of aromatic nitrogens is 2. The second-order valence-corrected chi connectivity index (χ2v) is 4.63. The molecule has 0 aliphatic carbocycles. The van der Waals surface area contributed by atoms with Crippen LogP contribution < -0.4 is 5.32 Å². The maximum absolute atomic E-state index is 5.47. The number of rotatable bonds is 8. The zero-order valence-electron chi connectivity index (χ0n) is 9.58. The lowest BCUT2D eigenvalue weighted by molar-refractivity contribution is 0.131. The fourth-order valence-electron chi connectivity index (χ4n) is 1.17. The summed E-state index contributed by atoms with van der Waals surface area (Å²) in [6.45, 7) is 4.75. The highest BCUT2D eigenvalue weighted by Gasteiger charge is 1.98. The highest BCUT2D eigenvalue weighted by atomic mass is 127. The van der Waals surface area contributed by atoms with Crippen LogP contribution in [-0.4, -0.2) is 29.7 Å². The van der Waals surface area contributed by atoms with Gasteiger partial charge < -0.3 is 10.1 Å². The average molecular weight is 335 g/mol. The predicted molar refractivity (Wildman–Crippen MR) is 73.6 cm³/mol. The van der Waals surface area contributed by atoms with E-state index in [0.717, 1.165) is 42.0 Å². The Labute approximate surface area is 110 Å². The quantitative estimate of drug-likeness (QED) is 0.586. The molecule has 0 spiro atoms. The zero-order valence-corrected chi connectivity index (χ0v) is 11.7. The van der Waals surface area contributed by atoms with Crippen molar-refractivity contribution >= 4 is 28.4 Å². The van der Waals surface area contributed by atoms with Crippen LogP contribution in [0.25, 0.3) is 0 Å². The molecule has 0 aliphatic heterocycles. The van der Waals surface area contributed by atoms with Gasteiger partial charge in [0.25, 0.3) is 0 Å². The molecule has 0 saturated carbocycles. The molecular weight excluding hydrogens is 317 g/mol. The summed E-state index contributed by atoms with van der Waals surface area (Å²) in [4.78, 5) is 8.09. The Balaban J connectivity index is 2.05. The largest absolute Gasteiger partial charge is 0.381 e. The Hall–Kier alpha value is -0.430. The first-order chi connectivity index (χ1) is 7.84. The van der Waals surface area contributed by atoms with Gasteiger partial charge in [-0.3, -0.25) is 0 Å². The van der Waals surface area contributed by atoms with Crippen LogP contribution >= 0.6 is 22.6 Å². The molecule has 1 heterocycles. The van der Waals surface area contributed by atoms with E-state index in [-0.39, 0.29) is 0 Å². The summed E-state index contributed by atoms with van der Waals surface area (Å²) >= 11 is 2.22. The fraction of sp³-hybridized carbons (Fsp3) is 0.636. The van der Waals surface area contributed by atoms with Crippen molar-refractivity contribution in [3.8, 4) is 0 Å². The van der Waals surface area contributed by atoms with Crippen molar-refractivity contribution in [3.63, 3.8) is 0 Å². The molecule has 16 heavy (non-hydrogen) atoms. The van der Waals surface area contributed by atoms with E-state index in [1.54, 1.807) is 12.5 Å². The molecule has 0 atom stereocenters.